The van der Waals surface area contributed by atoms with E-state index in [-0.39, 0.29) is 0 Å². The second-order valence-corrected chi connectivity index (χ2v) is 2.41. The quantitative estimate of drug-likeness (QED) is 0.411. The zero-order chi connectivity index (χ0) is 5.98. The molecule has 0 amide bonds. The van der Waals surface area contributed by atoms with Crippen LogP contribution in [0.25, 0.3) is 0 Å². The smallest absolute Gasteiger partial charge is 0.0339 e. The van der Waals surface area contributed by atoms with Crippen molar-refractivity contribution in [1.29, 1.82) is 0 Å². The molecule has 1 atom stereocenters. The minimum atomic E-state index is 0.528. The summed E-state index contributed by atoms with van der Waals surface area (Å²) in [5, 5.41) is 0. The predicted molar refractivity (Wildman–Crippen MR) is 34.4 cm³/mol. The van der Waals surface area contributed by atoms with E-state index < -0.39 is 0 Å². The third-order valence-corrected chi connectivity index (χ3v) is 1.63. The van der Waals surface area contributed by atoms with Crippen molar-refractivity contribution in [3.05, 3.63) is 0 Å². The number of hydrogen-bond acceptors (Lipinski definition) is 1. The van der Waals surface area contributed by atoms with Crippen LogP contribution in [0, 0.1) is 18.3 Å². The molecule has 0 N–H and O–H groups in total. The van der Waals surface area contributed by atoms with Gasteiger partial charge in [0.15, 0.2) is 0 Å². The fourth-order valence-electron chi connectivity index (χ4n) is 1.07. The van der Waals surface area contributed by atoms with Crippen LogP contribution in [0.5, 0.6) is 0 Å². The number of hydrogen-bond donors (Lipinski definition) is 0. The van der Waals surface area contributed by atoms with Gasteiger partial charge in [0.25, 0.3) is 0 Å². The number of nitrogens with zero attached hydrogens (tertiary/aromatic N) is 1. The largest absolute Gasteiger partial charge is 0.305 e. The minimum absolute atomic E-state index is 0.528. The van der Waals surface area contributed by atoms with E-state index in [1.807, 2.05) is 0 Å². The van der Waals surface area contributed by atoms with Crippen LogP contribution in [0.1, 0.15) is 6.42 Å². The van der Waals surface area contributed by atoms with Crippen molar-refractivity contribution in [2.75, 3.05) is 20.1 Å². The lowest BCUT2D eigenvalue weighted by atomic mass is 10.1. The maximum atomic E-state index is 5.22. The lowest BCUT2D eigenvalue weighted by Crippen LogP contribution is -2.13. The highest BCUT2D eigenvalue weighted by Gasteiger charge is 2.15. The van der Waals surface area contributed by atoms with E-state index in [0.29, 0.717) is 5.92 Å². The van der Waals surface area contributed by atoms with Crippen LogP contribution in [0.3, 0.4) is 0 Å². The van der Waals surface area contributed by atoms with Crippen LogP contribution in [0.4, 0.5) is 0 Å². The standard InChI is InChI=1S/C7H11N/c1-3-7-4-5-8(2)6-7/h1,7H,4-6H2,2H3/t7-/m1/s1. The van der Waals surface area contributed by atoms with Gasteiger partial charge in [-0.2, -0.15) is 0 Å². The van der Waals surface area contributed by atoms with Gasteiger partial charge in [0.2, 0.25) is 0 Å². The fourth-order valence-corrected chi connectivity index (χ4v) is 1.07. The summed E-state index contributed by atoms with van der Waals surface area (Å²) in [5.41, 5.74) is 0. The maximum Gasteiger partial charge on any atom is 0.0339 e. The Hall–Kier alpha value is -0.480. The lowest BCUT2D eigenvalue weighted by Gasteiger charge is -2.03. The summed E-state index contributed by atoms with van der Waals surface area (Å²) in [4.78, 5) is 2.27. The van der Waals surface area contributed by atoms with E-state index in [1.165, 1.54) is 13.0 Å². The molecule has 0 aliphatic carbocycles. The molecule has 0 saturated carbocycles. The monoisotopic (exact) mass is 109 g/mol. The molecule has 0 aromatic heterocycles. The van der Waals surface area contributed by atoms with Crippen LogP contribution in [-0.2, 0) is 0 Å². The second kappa shape index (κ2) is 2.19. The number of terminal acetylenes is 1. The fraction of sp³-hybridized carbons (Fsp3) is 0.714. The van der Waals surface area contributed by atoms with Crippen molar-refractivity contribution in [3.8, 4) is 12.3 Å². The third kappa shape index (κ3) is 1.02. The average molecular weight is 109 g/mol. The Morgan fingerprint density at radius 1 is 1.75 bits per heavy atom. The van der Waals surface area contributed by atoms with Crippen LogP contribution in [-0.4, -0.2) is 25.0 Å². The molecule has 1 aliphatic rings. The Kier molecular flexibility index (Phi) is 1.55. The van der Waals surface area contributed by atoms with E-state index in [1.54, 1.807) is 0 Å². The molecule has 0 unspecified atom stereocenters. The van der Waals surface area contributed by atoms with Crippen molar-refractivity contribution in [2.24, 2.45) is 5.92 Å². The molecular formula is C7H11N. The SMILES string of the molecule is C#C[C@@H]1CCN(C)C1. The highest BCUT2D eigenvalue weighted by Crippen LogP contribution is 2.11. The van der Waals surface area contributed by atoms with Crippen molar-refractivity contribution in [1.82, 2.24) is 4.90 Å². The summed E-state index contributed by atoms with van der Waals surface area (Å²) < 4.78 is 0. The van der Waals surface area contributed by atoms with Gasteiger partial charge < -0.3 is 4.90 Å². The molecule has 0 spiro atoms. The van der Waals surface area contributed by atoms with Gasteiger partial charge in [-0.15, -0.1) is 12.3 Å². The van der Waals surface area contributed by atoms with Gasteiger partial charge in [-0.3, -0.25) is 0 Å². The molecular weight excluding hydrogens is 98.1 g/mol. The zero-order valence-electron chi connectivity index (χ0n) is 5.22. The highest BCUT2D eigenvalue weighted by atomic mass is 15.1. The van der Waals surface area contributed by atoms with Gasteiger partial charge in [0, 0.05) is 12.5 Å². The Morgan fingerprint density at radius 3 is 2.75 bits per heavy atom. The Labute approximate surface area is 50.7 Å². The molecule has 0 radical (unpaired) electrons. The Morgan fingerprint density at radius 2 is 2.50 bits per heavy atom. The molecule has 44 valence electrons. The van der Waals surface area contributed by atoms with E-state index >= 15 is 0 Å². The Bertz CT molecular complexity index is 112. The summed E-state index contributed by atoms with van der Waals surface area (Å²) in [6.07, 6.45) is 6.41. The van der Waals surface area contributed by atoms with E-state index in [2.05, 4.69) is 17.9 Å². The topological polar surface area (TPSA) is 3.24 Å². The first-order chi connectivity index (χ1) is 3.83. The first-order valence-corrected chi connectivity index (χ1v) is 2.97. The minimum Gasteiger partial charge on any atom is -0.305 e. The van der Waals surface area contributed by atoms with Crippen molar-refractivity contribution >= 4 is 0 Å². The summed E-state index contributed by atoms with van der Waals surface area (Å²) >= 11 is 0. The molecule has 1 heteroatoms. The van der Waals surface area contributed by atoms with Gasteiger partial charge in [0.05, 0.1) is 0 Å². The molecule has 1 heterocycles. The molecule has 1 saturated heterocycles. The first kappa shape index (κ1) is 5.65. The number of likely N-dealkylation sites (tertiary alicyclic amines) is 1. The summed E-state index contributed by atoms with van der Waals surface area (Å²) in [7, 11) is 2.11. The molecule has 8 heavy (non-hydrogen) atoms. The van der Waals surface area contributed by atoms with E-state index in [9.17, 15) is 0 Å². The normalized spacial score (nSPS) is 30.2. The third-order valence-electron chi connectivity index (χ3n) is 1.63. The summed E-state index contributed by atoms with van der Waals surface area (Å²) in [6, 6.07) is 0. The molecule has 1 rings (SSSR count). The molecule has 0 bridgehead atoms. The molecule has 0 aromatic carbocycles. The van der Waals surface area contributed by atoms with E-state index in [4.69, 9.17) is 6.42 Å². The molecule has 1 nitrogen and oxygen atoms in total. The van der Waals surface area contributed by atoms with Crippen molar-refractivity contribution < 1.29 is 0 Å². The Balaban J connectivity index is 2.35. The summed E-state index contributed by atoms with van der Waals surface area (Å²) in [6.45, 7) is 2.27. The summed E-state index contributed by atoms with van der Waals surface area (Å²) in [5.74, 6) is 3.28. The second-order valence-electron chi connectivity index (χ2n) is 2.41. The van der Waals surface area contributed by atoms with Gasteiger partial charge in [-0.25, -0.2) is 0 Å². The first-order valence-electron chi connectivity index (χ1n) is 2.97. The van der Waals surface area contributed by atoms with Gasteiger partial charge in [-0.1, -0.05) is 0 Å². The molecule has 1 aliphatic heterocycles. The lowest BCUT2D eigenvalue weighted by molar-refractivity contribution is 0.410. The zero-order valence-corrected chi connectivity index (χ0v) is 5.22. The molecule has 0 aromatic rings. The number of rotatable bonds is 0. The van der Waals surface area contributed by atoms with Crippen LogP contribution in [0.2, 0.25) is 0 Å². The highest BCUT2D eigenvalue weighted by molar-refractivity contribution is 4.97. The van der Waals surface area contributed by atoms with Gasteiger partial charge in [0.1, 0.15) is 0 Å². The average Bonchev–Trinajstić information content (AvgIpc) is 2.14. The van der Waals surface area contributed by atoms with Crippen molar-refractivity contribution in [2.45, 2.75) is 6.42 Å². The van der Waals surface area contributed by atoms with Gasteiger partial charge in [-0.05, 0) is 20.0 Å². The van der Waals surface area contributed by atoms with Crippen LogP contribution >= 0.6 is 0 Å². The van der Waals surface area contributed by atoms with Crippen molar-refractivity contribution in [3.63, 3.8) is 0 Å². The molecule has 1 fully saturated rings. The van der Waals surface area contributed by atoms with E-state index in [0.717, 1.165) is 6.54 Å². The predicted octanol–water partition coefficient (Wildman–Crippen LogP) is 0.571. The van der Waals surface area contributed by atoms with Crippen LogP contribution in [0.15, 0.2) is 0 Å². The maximum absolute atomic E-state index is 5.22. The van der Waals surface area contributed by atoms with Gasteiger partial charge >= 0.3 is 0 Å². The van der Waals surface area contributed by atoms with Crippen LogP contribution < -0.4 is 0 Å².